The van der Waals surface area contributed by atoms with Crippen LogP contribution in [0, 0.1) is 0 Å². The van der Waals surface area contributed by atoms with Crippen molar-refractivity contribution in [3.63, 3.8) is 0 Å². The number of hydrogen-bond acceptors (Lipinski definition) is 4. The van der Waals surface area contributed by atoms with Crippen molar-refractivity contribution >= 4 is 17.6 Å². The first-order valence-electron chi connectivity index (χ1n) is 5.88. The number of anilines is 1. The summed E-state index contributed by atoms with van der Waals surface area (Å²) in [5.41, 5.74) is 6.77. The van der Waals surface area contributed by atoms with Gasteiger partial charge in [-0.2, -0.15) is 0 Å². The molecule has 98 valence electrons. The largest absolute Gasteiger partial charge is 0.384 e. The van der Waals surface area contributed by atoms with Crippen LogP contribution in [0.2, 0.25) is 0 Å². The van der Waals surface area contributed by atoms with Gasteiger partial charge < -0.3 is 16.4 Å². The maximum atomic E-state index is 11.8. The second kappa shape index (κ2) is 6.58. The lowest BCUT2D eigenvalue weighted by Crippen LogP contribution is -2.36. The van der Waals surface area contributed by atoms with Crippen molar-refractivity contribution in [3.05, 3.63) is 23.4 Å². The minimum Gasteiger partial charge on any atom is -0.384 e. The zero-order valence-corrected chi connectivity index (χ0v) is 10.6. The van der Waals surface area contributed by atoms with Crippen LogP contribution in [0.3, 0.4) is 0 Å². The average molecular weight is 250 g/mol. The van der Waals surface area contributed by atoms with Gasteiger partial charge in [-0.05, 0) is 25.5 Å². The zero-order chi connectivity index (χ0) is 13.5. The number of amides is 2. The molecule has 0 bridgehead atoms. The Morgan fingerprint density at radius 2 is 2.00 bits per heavy atom. The Hall–Kier alpha value is -2.11. The van der Waals surface area contributed by atoms with Gasteiger partial charge in [0.15, 0.2) is 0 Å². The van der Waals surface area contributed by atoms with Gasteiger partial charge in [0.05, 0.1) is 6.54 Å². The molecule has 0 aromatic carbocycles. The molecule has 0 aliphatic rings. The zero-order valence-electron chi connectivity index (χ0n) is 10.6. The molecule has 0 unspecified atom stereocenters. The molecule has 0 saturated heterocycles. The van der Waals surface area contributed by atoms with Gasteiger partial charge in [0.1, 0.15) is 5.82 Å². The number of likely N-dealkylation sites (N-methyl/N-ethyl adjacent to an activating group) is 1. The SMILES string of the molecule is CCNC(=O)CNC(=O)c1cc(N)nc(CC)c1. The normalized spacial score (nSPS) is 9.89. The molecule has 1 heterocycles. The van der Waals surface area contributed by atoms with Crippen molar-refractivity contribution in [1.29, 1.82) is 0 Å². The van der Waals surface area contributed by atoms with Crippen LogP contribution in [-0.4, -0.2) is 29.9 Å². The van der Waals surface area contributed by atoms with E-state index in [0.717, 1.165) is 5.69 Å². The second-order valence-corrected chi connectivity index (χ2v) is 3.76. The van der Waals surface area contributed by atoms with E-state index in [0.29, 0.717) is 24.3 Å². The Morgan fingerprint density at radius 3 is 2.61 bits per heavy atom. The highest BCUT2D eigenvalue weighted by Crippen LogP contribution is 2.08. The maximum absolute atomic E-state index is 11.8. The van der Waals surface area contributed by atoms with Crippen LogP contribution in [0.1, 0.15) is 29.9 Å². The van der Waals surface area contributed by atoms with Crippen LogP contribution in [0.5, 0.6) is 0 Å². The number of carbonyl (C=O) groups excluding carboxylic acids is 2. The van der Waals surface area contributed by atoms with Gasteiger partial charge in [-0.25, -0.2) is 4.98 Å². The molecule has 0 fully saturated rings. The number of hydrogen-bond donors (Lipinski definition) is 3. The highest BCUT2D eigenvalue weighted by atomic mass is 16.2. The van der Waals surface area contributed by atoms with Crippen LogP contribution in [0.4, 0.5) is 5.82 Å². The summed E-state index contributed by atoms with van der Waals surface area (Å²) in [5, 5.41) is 5.12. The third kappa shape index (κ3) is 4.04. The standard InChI is InChI=1S/C12H18N4O2/c1-3-9-5-8(6-10(13)16-9)12(18)15-7-11(17)14-4-2/h5-6H,3-4,7H2,1-2H3,(H2,13,16)(H,14,17)(H,15,18). The van der Waals surface area contributed by atoms with Crippen LogP contribution in [0.15, 0.2) is 12.1 Å². The molecule has 0 saturated carbocycles. The van der Waals surface area contributed by atoms with Crippen molar-refractivity contribution in [2.24, 2.45) is 0 Å². The van der Waals surface area contributed by atoms with Gasteiger partial charge in [-0.15, -0.1) is 0 Å². The number of aromatic nitrogens is 1. The van der Waals surface area contributed by atoms with Gasteiger partial charge in [-0.3, -0.25) is 9.59 Å². The van der Waals surface area contributed by atoms with Gasteiger partial charge in [0, 0.05) is 17.8 Å². The summed E-state index contributed by atoms with van der Waals surface area (Å²) in [4.78, 5) is 27.1. The Kier molecular flexibility index (Phi) is 5.10. The van der Waals surface area contributed by atoms with E-state index in [2.05, 4.69) is 15.6 Å². The van der Waals surface area contributed by atoms with Gasteiger partial charge in [0.2, 0.25) is 5.91 Å². The third-order valence-electron chi connectivity index (χ3n) is 2.31. The van der Waals surface area contributed by atoms with Gasteiger partial charge in [-0.1, -0.05) is 6.92 Å². The number of nitrogen functional groups attached to an aromatic ring is 1. The third-order valence-corrected chi connectivity index (χ3v) is 2.31. The van der Waals surface area contributed by atoms with Crippen LogP contribution < -0.4 is 16.4 Å². The highest BCUT2D eigenvalue weighted by molar-refractivity contribution is 5.97. The van der Waals surface area contributed by atoms with Crippen LogP contribution in [0.25, 0.3) is 0 Å². The smallest absolute Gasteiger partial charge is 0.251 e. The fourth-order valence-corrected chi connectivity index (χ4v) is 1.45. The lowest BCUT2D eigenvalue weighted by molar-refractivity contribution is -0.120. The van der Waals surface area contributed by atoms with E-state index < -0.39 is 0 Å². The first kappa shape index (κ1) is 14.0. The fraction of sp³-hybridized carbons (Fsp3) is 0.417. The summed E-state index contributed by atoms with van der Waals surface area (Å²) in [6.45, 7) is 4.24. The fourth-order valence-electron chi connectivity index (χ4n) is 1.45. The Balaban J connectivity index is 2.66. The van der Waals surface area contributed by atoms with Crippen molar-refractivity contribution in [1.82, 2.24) is 15.6 Å². The summed E-state index contributed by atoms with van der Waals surface area (Å²) in [5.74, 6) is -0.244. The van der Waals surface area contributed by atoms with Gasteiger partial charge >= 0.3 is 0 Å². The number of nitrogens with one attached hydrogen (secondary N) is 2. The molecule has 0 aliphatic carbocycles. The Morgan fingerprint density at radius 1 is 1.28 bits per heavy atom. The molecule has 2 amide bonds. The maximum Gasteiger partial charge on any atom is 0.251 e. The first-order valence-corrected chi connectivity index (χ1v) is 5.88. The van der Waals surface area contributed by atoms with E-state index in [4.69, 9.17) is 5.73 Å². The monoisotopic (exact) mass is 250 g/mol. The Bertz CT molecular complexity index is 446. The Labute approximate surface area is 106 Å². The second-order valence-electron chi connectivity index (χ2n) is 3.76. The topological polar surface area (TPSA) is 97.1 Å². The lowest BCUT2D eigenvalue weighted by Gasteiger charge is -2.07. The summed E-state index contributed by atoms with van der Waals surface area (Å²) in [7, 11) is 0. The molecule has 6 heteroatoms. The molecule has 0 atom stereocenters. The predicted octanol–water partition coefficient (Wildman–Crippen LogP) is 0.0921. The van der Waals surface area contributed by atoms with Crippen molar-refractivity contribution in [2.75, 3.05) is 18.8 Å². The average Bonchev–Trinajstić information content (AvgIpc) is 2.35. The summed E-state index contributed by atoms with van der Waals surface area (Å²) in [6, 6.07) is 3.16. The minimum absolute atomic E-state index is 0.0453. The van der Waals surface area contributed by atoms with E-state index in [1.807, 2.05) is 13.8 Å². The molecule has 0 spiro atoms. The molecular weight excluding hydrogens is 232 g/mol. The van der Waals surface area contributed by atoms with Crippen LogP contribution in [-0.2, 0) is 11.2 Å². The van der Waals surface area contributed by atoms with Gasteiger partial charge in [0.25, 0.3) is 5.91 Å². The van der Waals surface area contributed by atoms with Crippen LogP contribution >= 0.6 is 0 Å². The van der Waals surface area contributed by atoms with E-state index in [9.17, 15) is 9.59 Å². The molecule has 6 nitrogen and oxygen atoms in total. The quantitative estimate of drug-likeness (QED) is 0.690. The molecule has 1 rings (SSSR count). The number of carbonyl (C=O) groups is 2. The molecule has 18 heavy (non-hydrogen) atoms. The number of nitrogens with zero attached hydrogens (tertiary/aromatic N) is 1. The molecule has 0 radical (unpaired) electrons. The highest BCUT2D eigenvalue weighted by Gasteiger charge is 2.09. The van der Waals surface area contributed by atoms with E-state index in [1.54, 1.807) is 6.07 Å². The number of nitrogens with two attached hydrogens (primary N) is 1. The molecule has 0 aliphatic heterocycles. The van der Waals surface area contributed by atoms with Crippen molar-refractivity contribution < 1.29 is 9.59 Å². The molecular formula is C12H18N4O2. The number of pyridine rings is 1. The summed E-state index contributed by atoms with van der Waals surface area (Å²) >= 11 is 0. The molecule has 1 aromatic heterocycles. The van der Waals surface area contributed by atoms with Crippen molar-refractivity contribution in [2.45, 2.75) is 20.3 Å². The van der Waals surface area contributed by atoms with E-state index in [1.165, 1.54) is 6.07 Å². The minimum atomic E-state index is -0.329. The first-order chi connectivity index (χ1) is 8.56. The van der Waals surface area contributed by atoms with E-state index in [-0.39, 0.29) is 18.4 Å². The van der Waals surface area contributed by atoms with Crippen molar-refractivity contribution in [3.8, 4) is 0 Å². The molecule has 4 N–H and O–H groups in total. The summed E-state index contributed by atoms with van der Waals surface area (Å²) in [6.07, 6.45) is 0.696. The lowest BCUT2D eigenvalue weighted by atomic mass is 10.2. The number of rotatable bonds is 5. The molecule has 1 aromatic rings. The summed E-state index contributed by atoms with van der Waals surface area (Å²) < 4.78 is 0. The predicted molar refractivity (Wildman–Crippen MR) is 69.0 cm³/mol. The number of aryl methyl sites for hydroxylation is 1. The van der Waals surface area contributed by atoms with E-state index >= 15 is 0 Å².